The maximum atomic E-state index is 11.8. The Morgan fingerprint density at radius 1 is 1.32 bits per heavy atom. The number of hydrogen-bond donors (Lipinski definition) is 2. The Morgan fingerprint density at radius 3 is 2.63 bits per heavy atom. The molecule has 0 bridgehead atoms. The van der Waals surface area contributed by atoms with Crippen LogP contribution in [-0.2, 0) is 14.3 Å². The summed E-state index contributed by atoms with van der Waals surface area (Å²) in [6, 6.07) is -0.453. The van der Waals surface area contributed by atoms with Crippen molar-refractivity contribution < 1.29 is 14.3 Å². The SMILES string of the molecule is CCOC(=O)CCNC(=O)C(N)CC1CCCCC1. The highest BCUT2D eigenvalue weighted by Crippen LogP contribution is 2.26. The van der Waals surface area contributed by atoms with Crippen LogP contribution in [0.2, 0.25) is 0 Å². The molecule has 0 radical (unpaired) electrons. The largest absolute Gasteiger partial charge is 0.466 e. The summed E-state index contributed by atoms with van der Waals surface area (Å²) in [4.78, 5) is 22.9. The maximum absolute atomic E-state index is 11.8. The molecule has 19 heavy (non-hydrogen) atoms. The van der Waals surface area contributed by atoms with Gasteiger partial charge in [-0.15, -0.1) is 0 Å². The summed E-state index contributed by atoms with van der Waals surface area (Å²) >= 11 is 0. The minimum atomic E-state index is -0.453. The molecule has 1 aliphatic carbocycles. The van der Waals surface area contributed by atoms with E-state index in [0.29, 0.717) is 19.1 Å². The molecule has 0 spiro atoms. The Hall–Kier alpha value is -1.10. The molecule has 0 aromatic rings. The topological polar surface area (TPSA) is 81.4 Å². The molecule has 0 saturated heterocycles. The predicted molar refractivity (Wildman–Crippen MR) is 73.4 cm³/mol. The van der Waals surface area contributed by atoms with E-state index in [9.17, 15) is 9.59 Å². The first kappa shape index (κ1) is 16.0. The van der Waals surface area contributed by atoms with Crippen LogP contribution in [0.5, 0.6) is 0 Å². The molecule has 1 rings (SSSR count). The molecule has 1 atom stereocenters. The van der Waals surface area contributed by atoms with Crippen LogP contribution in [0.25, 0.3) is 0 Å². The van der Waals surface area contributed by atoms with E-state index >= 15 is 0 Å². The summed E-state index contributed by atoms with van der Waals surface area (Å²) in [7, 11) is 0. The van der Waals surface area contributed by atoms with Gasteiger partial charge in [-0.1, -0.05) is 32.1 Å². The van der Waals surface area contributed by atoms with Crippen molar-refractivity contribution in [1.29, 1.82) is 0 Å². The average molecular weight is 270 g/mol. The van der Waals surface area contributed by atoms with E-state index in [0.717, 1.165) is 6.42 Å². The molecule has 0 aromatic carbocycles. The quantitative estimate of drug-likeness (QED) is 0.684. The van der Waals surface area contributed by atoms with Gasteiger partial charge in [0.15, 0.2) is 0 Å². The lowest BCUT2D eigenvalue weighted by molar-refractivity contribution is -0.143. The lowest BCUT2D eigenvalue weighted by Crippen LogP contribution is -2.42. The molecule has 1 saturated carbocycles. The van der Waals surface area contributed by atoms with Crippen LogP contribution < -0.4 is 11.1 Å². The predicted octanol–water partition coefficient (Wildman–Crippen LogP) is 1.35. The van der Waals surface area contributed by atoms with E-state index in [1.165, 1.54) is 32.1 Å². The molecule has 0 aromatic heterocycles. The second-order valence-corrected chi connectivity index (χ2v) is 5.19. The standard InChI is InChI=1S/C14H26N2O3/c1-2-19-13(17)8-9-16-14(18)12(15)10-11-6-4-3-5-7-11/h11-12H,2-10,15H2,1H3,(H,16,18). The summed E-state index contributed by atoms with van der Waals surface area (Å²) in [5, 5.41) is 2.70. The Bertz CT molecular complexity index is 288. The monoisotopic (exact) mass is 270 g/mol. The first-order valence-electron chi connectivity index (χ1n) is 7.32. The number of esters is 1. The molecule has 110 valence electrons. The highest BCUT2D eigenvalue weighted by Gasteiger charge is 2.21. The zero-order valence-electron chi connectivity index (χ0n) is 11.8. The third kappa shape index (κ3) is 6.57. The first-order valence-corrected chi connectivity index (χ1v) is 7.32. The van der Waals surface area contributed by atoms with Crippen molar-refractivity contribution in [2.24, 2.45) is 11.7 Å². The van der Waals surface area contributed by atoms with Crippen LogP contribution in [0.15, 0.2) is 0 Å². The molecule has 3 N–H and O–H groups in total. The van der Waals surface area contributed by atoms with Crippen molar-refractivity contribution in [1.82, 2.24) is 5.32 Å². The summed E-state index contributed by atoms with van der Waals surface area (Å²) in [6.07, 6.45) is 7.13. The van der Waals surface area contributed by atoms with Gasteiger partial charge in [-0.05, 0) is 19.3 Å². The fourth-order valence-corrected chi connectivity index (χ4v) is 2.54. The zero-order valence-corrected chi connectivity index (χ0v) is 11.8. The second kappa shape index (κ2) is 8.91. The van der Waals surface area contributed by atoms with E-state index in [4.69, 9.17) is 10.5 Å². The van der Waals surface area contributed by atoms with Crippen LogP contribution in [0.1, 0.15) is 51.9 Å². The number of nitrogens with one attached hydrogen (secondary N) is 1. The van der Waals surface area contributed by atoms with Gasteiger partial charge in [-0.25, -0.2) is 0 Å². The molecule has 1 amide bonds. The molecular formula is C14H26N2O3. The normalized spacial score (nSPS) is 17.8. The number of nitrogens with two attached hydrogens (primary N) is 1. The summed E-state index contributed by atoms with van der Waals surface area (Å²) in [6.45, 7) is 2.43. The molecular weight excluding hydrogens is 244 g/mol. The molecule has 5 nitrogen and oxygen atoms in total. The summed E-state index contributed by atoms with van der Waals surface area (Å²) in [5.74, 6) is 0.137. The van der Waals surface area contributed by atoms with Crippen molar-refractivity contribution in [3.8, 4) is 0 Å². The first-order chi connectivity index (χ1) is 9.13. The van der Waals surface area contributed by atoms with E-state index in [1.54, 1.807) is 6.92 Å². The Kier molecular flexibility index (Phi) is 7.48. The molecule has 0 aliphatic heterocycles. The van der Waals surface area contributed by atoms with E-state index in [1.807, 2.05) is 0 Å². The highest BCUT2D eigenvalue weighted by atomic mass is 16.5. The van der Waals surface area contributed by atoms with Gasteiger partial charge < -0.3 is 15.8 Å². The number of hydrogen-bond acceptors (Lipinski definition) is 4. The van der Waals surface area contributed by atoms with Crippen LogP contribution in [0.4, 0.5) is 0 Å². The molecule has 1 aliphatic rings. The van der Waals surface area contributed by atoms with Crippen molar-refractivity contribution in [3.63, 3.8) is 0 Å². The Labute approximate surface area is 115 Å². The van der Waals surface area contributed by atoms with Gasteiger partial charge in [0, 0.05) is 6.54 Å². The van der Waals surface area contributed by atoms with Crippen molar-refractivity contribution >= 4 is 11.9 Å². The van der Waals surface area contributed by atoms with E-state index in [2.05, 4.69) is 5.32 Å². The average Bonchev–Trinajstić information content (AvgIpc) is 2.40. The van der Waals surface area contributed by atoms with Crippen molar-refractivity contribution in [2.75, 3.05) is 13.2 Å². The fraction of sp³-hybridized carbons (Fsp3) is 0.857. The Balaban J connectivity index is 2.15. The van der Waals surface area contributed by atoms with Gasteiger partial charge in [0.2, 0.25) is 5.91 Å². The van der Waals surface area contributed by atoms with Gasteiger partial charge in [-0.3, -0.25) is 9.59 Å². The lowest BCUT2D eigenvalue weighted by atomic mass is 9.85. The number of rotatable bonds is 7. The van der Waals surface area contributed by atoms with Crippen LogP contribution in [-0.4, -0.2) is 31.1 Å². The van der Waals surface area contributed by atoms with Gasteiger partial charge in [-0.2, -0.15) is 0 Å². The van der Waals surface area contributed by atoms with Gasteiger partial charge in [0.25, 0.3) is 0 Å². The summed E-state index contributed by atoms with van der Waals surface area (Å²) < 4.78 is 4.78. The van der Waals surface area contributed by atoms with Gasteiger partial charge in [0.05, 0.1) is 19.1 Å². The van der Waals surface area contributed by atoms with Crippen LogP contribution >= 0.6 is 0 Å². The third-order valence-corrected chi connectivity index (χ3v) is 3.58. The zero-order chi connectivity index (χ0) is 14.1. The molecule has 0 heterocycles. The van der Waals surface area contributed by atoms with E-state index < -0.39 is 6.04 Å². The van der Waals surface area contributed by atoms with E-state index in [-0.39, 0.29) is 18.3 Å². The second-order valence-electron chi connectivity index (χ2n) is 5.19. The minimum Gasteiger partial charge on any atom is -0.466 e. The van der Waals surface area contributed by atoms with Crippen LogP contribution in [0, 0.1) is 5.92 Å². The smallest absolute Gasteiger partial charge is 0.307 e. The molecule has 5 heteroatoms. The third-order valence-electron chi connectivity index (χ3n) is 3.58. The van der Waals surface area contributed by atoms with Gasteiger partial charge in [0.1, 0.15) is 0 Å². The highest BCUT2D eigenvalue weighted by molar-refractivity contribution is 5.82. The number of carbonyl (C=O) groups is 2. The summed E-state index contributed by atoms with van der Waals surface area (Å²) in [5.41, 5.74) is 5.90. The minimum absolute atomic E-state index is 0.158. The number of ether oxygens (including phenoxy) is 1. The molecule has 1 unspecified atom stereocenters. The Morgan fingerprint density at radius 2 is 2.00 bits per heavy atom. The maximum Gasteiger partial charge on any atom is 0.307 e. The molecule has 1 fully saturated rings. The van der Waals surface area contributed by atoms with Gasteiger partial charge >= 0.3 is 5.97 Å². The van der Waals surface area contributed by atoms with Crippen LogP contribution in [0.3, 0.4) is 0 Å². The van der Waals surface area contributed by atoms with Crippen molar-refractivity contribution in [2.45, 2.75) is 57.9 Å². The number of carbonyl (C=O) groups excluding carboxylic acids is 2. The number of amides is 1. The van der Waals surface area contributed by atoms with Crippen molar-refractivity contribution in [3.05, 3.63) is 0 Å². The lowest BCUT2D eigenvalue weighted by Gasteiger charge is -2.24. The fourth-order valence-electron chi connectivity index (χ4n) is 2.54.